The third-order valence-electron chi connectivity index (χ3n) is 7.87. The van der Waals surface area contributed by atoms with Crippen molar-refractivity contribution in [1.29, 1.82) is 0 Å². The molecule has 5 nitrogen and oxygen atoms in total. The lowest BCUT2D eigenvalue weighted by Gasteiger charge is -2.13. The van der Waals surface area contributed by atoms with Gasteiger partial charge in [-0.05, 0) is 89.5 Å². The van der Waals surface area contributed by atoms with Crippen LogP contribution in [0.1, 0.15) is 28.2 Å². The molecule has 1 saturated carbocycles. The van der Waals surface area contributed by atoms with E-state index in [1.165, 1.54) is 6.07 Å². The Hall–Kier alpha value is -4.10. The number of ether oxygens (including phenoxy) is 1. The van der Waals surface area contributed by atoms with Crippen molar-refractivity contribution in [3.8, 4) is 27.4 Å². The zero-order chi connectivity index (χ0) is 26.0. The summed E-state index contributed by atoms with van der Waals surface area (Å²) in [5.74, 6) is -0.261. The van der Waals surface area contributed by atoms with Crippen molar-refractivity contribution >= 4 is 27.5 Å². The van der Waals surface area contributed by atoms with Crippen LogP contribution in [0.2, 0.25) is 0 Å². The number of rotatable bonds is 6. The molecule has 7 heteroatoms. The van der Waals surface area contributed by atoms with Crippen LogP contribution in [-0.4, -0.2) is 21.0 Å². The van der Waals surface area contributed by atoms with Crippen molar-refractivity contribution in [3.63, 3.8) is 0 Å². The summed E-state index contributed by atoms with van der Waals surface area (Å²) in [6.45, 7) is 2.19. The Balaban J connectivity index is 1.13. The van der Waals surface area contributed by atoms with E-state index in [9.17, 15) is 14.3 Å². The number of carboxylic acid groups (broad SMARTS) is 1. The first-order valence-electron chi connectivity index (χ1n) is 12.6. The Morgan fingerprint density at radius 1 is 1.08 bits per heavy atom. The van der Waals surface area contributed by atoms with E-state index in [4.69, 9.17) is 9.72 Å². The van der Waals surface area contributed by atoms with Crippen LogP contribution in [0.3, 0.4) is 0 Å². The molecule has 2 heterocycles. The number of hydrogen-bond acceptors (Lipinski definition) is 5. The molecule has 2 aliphatic rings. The number of thiazole rings is 1. The highest BCUT2D eigenvalue weighted by atomic mass is 32.1. The van der Waals surface area contributed by atoms with E-state index in [0.29, 0.717) is 11.3 Å². The lowest BCUT2D eigenvalue weighted by molar-refractivity contribution is -0.139. The minimum Gasteiger partial charge on any atom is -0.489 e. The van der Waals surface area contributed by atoms with Crippen molar-refractivity contribution < 1.29 is 19.0 Å². The maximum atomic E-state index is 14.8. The summed E-state index contributed by atoms with van der Waals surface area (Å²) >= 11 is 1.64. The number of aromatic nitrogens is 2. The molecule has 1 N–H and O–H groups in total. The van der Waals surface area contributed by atoms with Crippen LogP contribution in [0.5, 0.6) is 5.75 Å². The number of benzene rings is 3. The minimum absolute atomic E-state index is 0.108. The molecule has 38 heavy (non-hydrogen) atoms. The molecule has 2 aliphatic carbocycles. The van der Waals surface area contributed by atoms with Gasteiger partial charge in [0.2, 0.25) is 0 Å². The highest BCUT2D eigenvalue weighted by Gasteiger charge is 2.59. The zero-order valence-corrected chi connectivity index (χ0v) is 21.3. The zero-order valence-electron chi connectivity index (χ0n) is 20.5. The van der Waals surface area contributed by atoms with Gasteiger partial charge in [-0.2, -0.15) is 0 Å². The van der Waals surface area contributed by atoms with E-state index in [2.05, 4.69) is 11.9 Å². The number of carbonyl (C=O) groups is 1. The first-order valence-corrected chi connectivity index (χ1v) is 13.4. The second-order valence-electron chi connectivity index (χ2n) is 10.1. The Morgan fingerprint density at radius 3 is 2.74 bits per heavy atom. The summed E-state index contributed by atoms with van der Waals surface area (Å²) in [6, 6.07) is 18.9. The van der Waals surface area contributed by atoms with Crippen molar-refractivity contribution in [2.45, 2.75) is 25.9 Å². The van der Waals surface area contributed by atoms with Crippen LogP contribution in [0.25, 0.3) is 31.9 Å². The van der Waals surface area contributed by atoms with Crippen molar-refractivity contribution in [3.05, 3.63) is 101 Å². The van der Waals surface area contributed by atoms with Gasteiger partial charge in [0.15, 0.2) is 0 Å². The van der Waals surface area contributed by atoms with Crippen molar-refractivity contribution in [1.82, 2.24) is 9.97 Å². The quantitative estimate of drug-likeness (QED) is 0.259. The summed E-state index contributed by atoms with van der Waals surface area (Å²) in [5, 5.41) is 10.3. The number of carboxylic acids is 1. The fraction of sp³-hybridized carbons (Fsp3) is 0.194. The van der Waals surface area contributed by atoms with E-state index in [0.717, 1.165) is 55.0 Å². The number of pyridine rings is 1. The van der Waals surface area contributed by atoms with Crippen molar-refractivity contribution in [2.24, 2.45) is 11.8 Å². The summed E-state index contributed by atoms with van der Waals surface area (Å²) in [7, 11) is 0. The molecular weight excluding hydrogens is 499 g/mol. The van der Waals surface area contributed by atoms with Crippen LogP contribution < -0.4 is 4.74 Å². The molecule has 5 aromatic rings. The molecule has 2 aromatic heterocycles. The van der Waals surface area contributed by atoms with Crippen molar-refractivity contribution in [2.75, 3.05) is 0 Å². The van der Waals surface area contributed by atoms with E-state index in [1.54, 1.807) is 29.8 Å². The van der Waals surface area contributed by atoms with E-state index in [-0.39, 0.29) is 30.2 Å². The van der Waals surface area contributed by atoms with Gasteiger partial charge < -0.3 is 9.84 Å². The van der Waals surface area contributed by atoms with Gasteiger partial charge >= 0.3 is 5.97 Å². The lowest BCUT2D eigenvalue weighted by atomic mass is 9.98. The van der Waals surface area contributed by atoms with Crippen LogP contribution >= 0.6 is 11.3 Å². The fourth-order valence-corrected chi connectivity index (χ4v) is 6.96. The number of nitrogens with zero attached hydrogens (tertiary/aromatic N) is 2. The van der Waals surface area contributed by atoms with Crippen LogP contribution in [0.4, 0.5) is 4.39 Å². The number of halogens is 1. The van der Waals surface area contributed by atoms with Gasteiger partial charge in [0.25, 0.3) is 0 Å². The smallest absolute Gasteiger partial charge is 0.307 e. The van der Waals surface area contributed by atoms with Gasteiger partial charge in [-0.15, -0.1) is 11.3 Å². The third-order valence-corrected chi connectivity index (χ3v) is 9.11. The first-order chi connectivity index (χ1) is 18.5. The van der Waals surface area contributed by atoms with E-state index in [1.807, 2.05) is 48.5 Å². The van der Waals surface area contributed by atoms with Gasteiger partial charge in [-0.3, -0.25) is 9.78 Å². The van der Waals surface area contributed by atoms with Gasteiger partial charge in [0.05, 0.1) is 16.1 Å². The van der Waals surface area contributed by atoms with Gasteiger partial charge in [0.1, 0.15) is 23.2 Å². The van der Waals surface area contributed by atoms with Gasteiger partial charge in [-0.25, -0.2) is 9.37 Å². The summed E-state index contributed by atoms with van der Waals surface area (Å²) < 4.78 is 21.9. The Labute approximate surface area is 222 Å². The molecule has 0 saturated heterocycles. The molecule has 0 bridgehead atoms. The molecule has 0 aliphatic heterocycles. The number of aryl methyl sites for hydroxylation is 1. The molecule has 7 rings (SSSR count). The molecular formula is C31H23FN2O3S. The standard InChI is InChI=1S/C31H23FN2O3S/c1-16-22(5-7-26-29(16)38-30(34-26)17-8-10-33-11-9-17)18-2-6-25(32)20(12-18)15-37-21-3-4-23-19(13-21)14-24-27(23)28(24)31(35)36/h2-13,24,27-28H,14-15H2,1H3,(H,35,36). The average Bonchev–Trinajstić information content (AvgIpc) is 3.27. The molecule has 188 valence electrons. The Morgan fingerprint density at radius 2 is 1.92 bits per heavy atom. The molecule has 1 fully saturated rings. The third kappa shape index (κ3) is 3.77. The number of hydrogen-bond donors (Lipinski definition) is 1. The van der Waals surface area contributed by atoms with E-state index < -0.39 is 5.97 Å². The largest absolute Gasteiger partial charge is 0.489 e. The Kier molecular flexibility index (Phi) is 5.30. The monoisotopic (exact) mass is 522 g/mol. The summed E-state index contributed by atoms with van der Waals surface area (Å²) in [6.07, 6.45) is 4.30. The van der Waals surface area contributed by atoms with Gasteiger partial charge in [0, 0.05) is 29.4 Å². The number of aliphatic carboxylic acids is 1. The summed E-state index contributed by atoms with van der Waals surface area (Å²) in [5.41, 5.74) is 7.79. The van der Waals surface area contributed by atoms with Crippen LogP contribution in [-0.2, 0) is 17.8 Å². The number of fused-ring (bicyclic) bond motifs is 4. The lowest BCUT2D eigenvalue weighted by Crippen LogP contribution is -2.05. The molecule has 0 amide bonds. The SMILES string of the molecule is Cc1c(-c2ccc(F)c(COc3ccc4c(c3)CC3C(C(=O)O)C43)c2)ccc2nc(-c3ccncc3)sc12. The topological polar surface area (TPSA) is 72.3 Å². The second-order valence-corrected chi connectivity index (χ2v) is 11.1. The molecule has 0 spiro atoms. The van der Waals surface area contributed by atoms with Crippen LogP contribution in [0.15, 0.2) is 73.1 Å². The predicted octanol–water partition coefficient (Wildman–Crippen LogP) is 7.02. The predicted molar refractivity (Wildman–Crippen MR) is 145 cm³/mol. The second kappa shape index (κ2) is 8.74. The minimum atomic E-state index is -0.708. The molecule has 3 unspecified atom stereocenters. The highest BCUT2D eigenvalue weighted by molar-refractivity contribution is 7.21. The average molecular weight is 523 g/mol. The fourth-order valence-electron chi connectivity index (χ4n) is 5.88. The van der Waals surface area contributed by atoms with E-state index >= 15 is 0 Å². The molecule has 3 aromatic carbocycles. The molecule has 3 atom stereocenters. The van der Waals surface area contributed by atoms with Crippen LogP contribution in [0, 0.1) is 24.6 Å². The van der Waals surface area contributed by atoms with Gasteiger partial charge in [-0.1, -0.05) is 18.2 Å². The first kappa shape index (κ1) is 23.0. The maximum absolute atomic E-state index is 14.8. The Bertz CT molecular complexity index is 1730. The normalized spacial score (nSPS) is 19.3. The summed E-state index contributed by atoms with van der Waals surface area (Å²) in [4.78, 5) is 20.2. The molecule has 0 radical (unpaired) electrons. The highest BCUT2D eigenvalue weighted by Crippen LogP contribution is 2.61. The maximum Gasteiger partial charge on any atom is 0.307 e.